The van der Waals surface area contributed by atoms with E-state index >= 15 is 0 Å². The summed E-state index contributed by atoms with van der Waals surface area (Å²) in [6.45, 7) is 0. The lowest BCUT2D eigenvalue weighted by molar-refractivity contribution is 0.0174. The number of hydrogen-bond acceptors (Lipinski definition) is 7. The van der Waals surface area contributed by atoms with Crippen LogP contribution in [0, 0.1) is 5.41 Å². The fourth-order valence-corrected chi connectivity index (χ4v) is 2.77. The van der Waals surface area contributed by atoms with Crippen LogP contribution in [0.1, 0.15) is 10.6 Å². The van der Waals surface area contributed by atoms with Crippen molar-refractivity contribution >= 4 is 50.9 Å². The number of hydroxylamine groups is 2. The van der Waals surface area contributed by atoms with Gasteiger partial charge in [-0.3, -0.25) is 10.2 Å². The van der Waals surface area contributed by atoms with E-state index < -0.39 is 22.0 Å². The van der Waals surface area contributed by atoms with Crippen LogP contribution in [0.15, 0.2) is 28.7 Å². The first-order valence-corrected chi connectivity index (χ1v) is 9.45. The van der Waals surface area contributed by atoms with Crippen LogP contribution in [-0.4, -0.2) is 38.7 Å². The zero-order valence-electron chi connectivity index (χ0n) is 13.5. The van der Waals surface area contributed by atoms with Crippen LogP contribution in [0.5, 0.6) is 0 Å². The van der Waals surface area contributed by atoms with Crippen LogP contribution >= 0.6 is 23.2 Å². The van der Waals surface area contributed by atoms with Gasteiger partial charge in [0.05, 0.1) is 17.0 Å². The minimum atomic E-state index is -4.12. The lowest BCUT2D eigenvalue weighted by atomic mass is 10.1. The molecule has 0 saturated carbocycles. The maximum Gasteiger partial charge on any atom is 0.323 e. The molecular formula is C14H14Cl2N4O5S. The van der Waals surface area contributed by atoms with Gasteiger partial charge in [0.1, 0.15) is 5.76 Å². The van der Waals surface area contributed by atoms with Crippen LogP contribution in [0.3, 0.4) is 0 Å². The van der Waals surface area contributed by atoms with E-state index in [0.717, 1.165) is 0 Å². The summed E-state index contributed by atoms with van der Waals surface area (Å²) in [6.07, 6.45) is 0.703. The third-order valence-corrected chi connectivity index (χ3v) is 3.99. The molecule has 0 aliphatic rings. The normalized spacial score (nSPS) is 11.2. The van der Waals surface area contributed by atoms with Gasteiger partial charge in [-0.05, 0) is 18.2 Å². The number of carbonyl (C=O) groups excluding carboxylic acids is 1. The van der Waals surface area contributed by atoms with Crippen molar-refractivity contribution in [3.63, 3.8) is 0 Å². The Bertz CT molecular complexity index is 974. The first-order valence-electron chi connectivity index (χ1n) is 6.88. The molecule has 0 atom stereocenters. The van der Waals surface area contributed by atoms with Crippen molar-refractivity contribution in [2.45, 2.75) is 0 Å². The van der Waals surface area contributed by atoms with Crippen molar-refractivity contribution < 1.29 is 21.9 Å². The molecule has 1 aromatic carbocycles. The average Bonchev–Trinajstić information content (AvgIpc) is 2.97. The Morgan fingerprint density at radius 2 is 2.00 bits per heavy atom. The third kappa shape index (κ3) is 4.47. The average molecular weight is 421 g/mol. The molecule has 0 fully saturated rings. The molecule has 2 aromatic rings. The van der Waals surface area contributed by atoms with Gasteiger partial charge in [0.15, 0.2) is 0 Å². The Kier molecular flexibility index (Phi) is 5.81. The smallest absolute Gasteiger partial charge is 0.323 e. The van der Waals surface area contributed by atoms with Crippen molar-refractivity contribution in [3.05, 3.63) is 40.1 Å². The second-order valence-electron chi connectivity index (χ2n) is 4.99. The maximum atomic E-state index is 12.6. The van der Waals surface area contributed by atoms with Crippen LogP contribution in [0.25, 0.3) is 11.3 Å². The molecule has 0 saturated heterocycles. The van der Waals surface area contributed by atoms with Gasteiger partial charge < -0.3 is 15.5 Å². The molecule has 0 radical (unpaired) electrons. The Morgan fingerprint density at radius 3 is 2.54 bits per heavy atom. The van der Waals surface area contributed by atoms with E-state index in [2.05, 4.69) is 9.60 Å². The van der Waals surface area contributed by atoms with Crippen LogP contribution in [0.4, 0.5) is 5.69 Å². The molecule has 0 bridgehead atoms. The fraction of sp³-hybridized carbons (Fsp3) is 0.143. The maximum absolute atomic E-state index is 12.6. The number of anilines is 1. The summed E-state index contributed by atoms with van der Waals surface area (Å²) in [6, 6.07) is 6.13. The Morgan fingerprint density at radius 1 is 1.35 bits per heavy atom. The predicted molar refractivity (Wildman–Crippen MR) is 97.7 cm³/mol. The van der Waals surface area contributed by atoms with Gasteiger partial charge in [-0.25, -0.2) is 0 Å². The van der Waals surface area contributed by atoms with Crippen molar-refractivity contribution in [1.82, 2.24) is 5.06 Å². The molecule has 1 aromatic heterocycles. The highest BCUT2D eigenvalue weighted by Crippen LogP contribution is 2.35. The number of carbonyl (C=O) groups is 1. The number of nitrogens with two attached hydrogens (primary N) is 1. The summed E-state index contributed by atoms with van der Waals surface area (Å²) < 4.78 is 32.6. The summed E-state index contributed by atoms with van der Waals surface area (Å²) in [7, 11) is -2.60. The molecule has 2 rings (SSSR count). The van der Waals surface area contributed by atoms with E-state index in [1.807, 2.05) is 0 Å². The van der Waals surface area contributed by atoms with Gasteiger partial charge in [0.2, 0.25) is 11.7 Å². The lowest BCUT2D eigenvalue weighted by Crippen LogP contribution is -2.42. The number of benzene rings is 1. The molecule has 140 valence electrons. The zero-order chi connectivity index (χ0) is 19.6. The second-order valence-corrected chi connectivity index (χ2v) is 7.39. The van der Waals surface area contributed by atoms with Crippen molar-refractivity contribution in [3.8, 4) is 11.3 Å². The van der Waals surface area contributed by atoms with Crippen molar-refractivity contribution in [2.24, 2.45) is 5.73 Å². The van der Waals surface area contributed by atoms with Gasteiger partial charge >= 0.3 is 5.91 Å². The number of rotatable bonds is 5. The summed E-state index contributed by atoms with van der Waals surface area (Å²) in [5.74, 6) is -2.19. The minimum Gasteiger partial charge on any atom is -0.448 e. The zero-order valence-corrected chi connectivity index (χ0v) is 15.9. The van der Waals surface area contributed by atoms with Gasteiger partial charge in [0, 0.05) is 23.7 Å². The number of halogens is 2. The molecule has 4 N–H and O–H groups in total. The molecule has 1 amide bonds. The number of nitrogens with one attached hydrogen (secondary N) is 2. The standard InChI is InChI=1S/C14H14Cl2N4O5S/c1-19-10-6-11(8-5-7(15)3-4-9(8)16)24-12(10)13(21)20(14(17)18)25-26(2,22)23/h3-6,19H,1-2H3,(H3,17,18). The van der Waals surface area contributed by atoms with Crippen LogP contribution < -0.4 is 11.1 Å². The summed E-state index contributed by atoms with van der Waals surface area (Å²) in [5, 5.41) is 10.9. The number of hydrogen-bond donors (Lipinski definition) is 3. The quantitative estimate of drug-likeness (QED) is 0.383. The molecule has 12 heteroatoms. The van der Waals surface area contributed by atoms with Crippen LogP contribution in [0.2, 0.25) is 10.0 Å². The number of nitrogens with zero attached hydrogens (tertiary/aromatic N) is 1. The van der Waals surface area contributed by atoms with Gasteiger partial charge in [-0.2, -0.15) is 8.42 Å². The van der Waals surface area contributed by atoms with Gasteiger partial charge in [-0.1, -0.05) is 23.2 Å². The topological polar surface area (TPSA) is 139 Å². The number of amides is 1. The highest BCUT2D eigenvalue weighted by Gasteiger charge is 2.30. The lowest BCUT2D eigenvalue weighted by Gasteiger charge is -2.16. The van der Waals surface area contributed by atoms with E-state index in [0.29, 0.717) is 21.9 Å². The molecule has 0 aliphatic heterocycles. The van der Waals surface area contributed by atoms with E-state index in [9.17, 15) is 13.2 Å². The number of guanidine groups is 1. The SMILES string of the molecule is CNc1cc(-c2cc(Cl)ccc2Cl)oc1C(=O)N(OS(C)(=O)=O)C(=N)N. The van der Waals surface area contributed by atoms with Gasteiger partial charge in [0.25, 0.3) is 10.1 Å². The summed E-state index contributed by atoms with van der Waals surface area (Å²) in [5.41, 5.74) is 5.84. The molecule has 26 heavy (non-hydrogen) atoms. The highest BCUT2D eigenvalue weighted by atomic mass is 35.5. The Hall–Kier alpha value is -2.27. The fourth-order valence-electron chi connectivity index (χ4n) is 1.97. The summed E-state index contributed by atoms with van der Waals surface area (Å²) >= 11 is 12.1. The largest absolute Gasteiger partial charge is 0.448 e. The first kappa shape index (κ1) is 20.0. The molecule has 0 aliphatic carbocycles. The van der Waals surface area contributed by atoms with E-state index in [1.165, 1.54) is 19.2 Å². The molecular weight excluding hydrogens is 407 g/mol. The molecule has 9 nitrogen and oxygen atoms in total. The van der Waals surface area contributed by atoms with Gasteiger partial charge in [-0.15, -0.1) is 9.35 Å². The van der Waals surface area contributed by atoms with E-state index in [4.69, 9.17) is 38.8 Å². The van der Waals surface area contributed by atoms with Crippen LogP contribution in [-0.2, 0) is 14.4 Å². The van der Waals surface area contributed by atoms with E-state index in [-0.39, 0.29) is 22.3 Å². The monoisotopic (exact) mass is 420 g/mol. The van der Waals surface area contributed by atoms with E-state index in [1.54, 1.807) is 12.1 Å². The third-order valence-electron chi connectivity index (χ3n) is 3.00. The minimum absolute atomic E-state index is 0.0956. The van der Waals surface area contributed by atoms with Crippen molar-refractivity contribution in [1.29, 1.82) is 5.41 Å². The van der Waals surface area contributed by atoms with Crippen molar-refractivity contribution in [2.75, 3.05) is 18.6 Å². The number of furan rings is 1. The summed E-state index contributed by atoms with van der Waals surface area (Å²) in [4.78, 5) is 12.6. The Labute approximate surface area is 159 Å². The molecule has 0 spiro atoms. The Balaban J connectivity index is 2.52. The predicted octanol–water partition coefficient (Wildman–Crippen LogP) is 2.52. The second kappa shape index (κ2) is 7.54. The first-order chi connectivity index (χ1) is 12.0. The highest BCUT2D eigenvalue weighted by molar-refractivity contribution is 7.85. The molecule has 1 heterocycles. The molecule has 0 unspecified atom stereocenters.